The van der Waals surface area contributed by atoms with E-state index >= 15 is 0 Å². The van der Waals surface area contributed by atoms with E-state index in [0.29, 0.717) is 10.8 Å². The van der Waals surface area contributed by atoms with Crippen LogP contribution in [0.5, 0.6) is 5.75 Å². The SMILES string of the molecule is COc1cc(Cl)c(C)cc1N[C@H](C)C(=O)NC(C)C. The maximum Gasteiger partial charge on any atom is 0.242 e. The molecule has 4 nitrogen and oxygen atoms in total. The summed E-state index contributed by atoms with van der Waals surface area (Å²) < 4.78 is 5.26. The van der Waals surface area contributed by atoms with Crippen LogP contribution in [-0.2, 0) is 4.79 Å². The quantitative estimate of drug-likeness (QED) is 0.874. The summed E-state index contributed by atoms with van der Waals surface area (Å²) in [5, 5.41) is 6.64. The summed E-state index contributed by atoms with van der Waals surface area (Å²) in [7, 11) is 1.57. The van der Waals surface area contributed by atoms with Crippen molar-refractivity contribution in [2.24, 2.45) is 0 Å². The highest BCUT2D eigenvalue weighted by Crippen LogP contribution is 2.31. The van der Waals surface area contributed by atoms with Crippen molar-refractivity contribution in [1.82, 2.24) is 5.32 Å². The molecule has 1 amide bonds. The van der Waals surface area contributed by atoms with Crippen LogP contribution in [0.25, 0.3) is 0 Å². The minimum atomic E-state index is -0.350. The number of hydrogen-bond donors (Lipinski definition) is 2. The Morgan fingerprint density at radius 3 is 2.47 bits per heavy atom. The van der Waals surface area contributed by atoms with Crippen LogP contribution in [0.15, 0.2) is 12.1 Å². The number of hydrogen-bond acceptors (Lipinski definition) is 3. The van der Waals surface area contributed by atoms with E-state index in [1.54, 1.807) is 20.1 Å². The molecule has 0 aliphatic heterocycles. The van der Waals surface area contributed by atoms with Gasteiger partial charge in [0.05, 0.1) is 12.8 Å². The molecular weight excluding hydrogens is 264 g/mol. The molecule has 0 saturated heterocycles. The summed E-state index contributed by atoms with van der Waals surface area (Å²) in [5.74, 6) is 0.574. The van der Waals surface area contributed by atoms with Gasteiger partial charge < -0.3 is 15.4 Å². The monoisotopic (exact) mass is 284 g/mol. The van der Waals surface area contributed by atoms with Gasteiger partial charge in [-0.25, -0.2) is 0 Å². The summed E-state index contributed by atoms with van der Waals surface area (Å²) in [4.78, 5) is 11.9. The molecule has 106 valence electrons. The second-order valence-electron chi connectivity index (χ2n) is 4.83. The molecule has 1 rings (SSSR count). The van der Waals surface area contributed by atoms with Gasteiger partial charge >= 0.3 is 0 Å². The van der Waals surface area contributed by atoms with Crippen molar-refractivity contribution in [3.8, 4) is 5.75 Å². The number of anilines is 1. The average molecular weight is 285 g/mol. The number of nitrogens with one attached hydrogen (secondary N) is 2. The van der Waals surface area contributed by atoms with Gasteiger partial charge in [-0.2, -0.15) is 0 Å². The van der Waals surface area contributed by atoms with Crippen LogP contribution in [0, 0.1) is 6.92 Å². The van der Waals surface area contributed by atoms with E-state index in [2.05, 4.69) is 10.6 Å². The van der Waals surface area contributed by atoms with Crippen LogP contribution in [0.1, 0.15) is 26.3 Å². The molecule has 2 N–H and O–H groups in total. The zero-order chi connectivity index (χ0) is 14.6. The molecule has 0 fully saturated rings. The van der Waals surface area contributed by atoms with Crippen LogP contribution < -0.4 is 15.4 Å². The fourth-order valence-electron chi connectivity index (χ4n) is 1.65. The smallest absolute Gasteiger partial charge is 0.242 e. The summed E-state index contributed by atoms with van der Waals surface area (Å²) in [6, 6.07) is 3.38. The first-order chi connectivity index (χ1) is 8.85. The summed E-state index contributed by atoms with van der Waals surface area (Å²) in [5.41, 5.74) is 1.69. The number of rotatable bonds is 5. The highest BCUT2D eigenvalue weighted by Gasteiger charge is 2.16. The third kappa shape index (κ3) is 4.31. The number of methoxy groups -OCH3 is 1. The van der Waals surface area contributed by atoms with Gasteiger partial charge in [0.1, 0.15) is 11.8 Å². The average Bonchev–Trinajstić information content (AvgIpc) is 2.32. The molecular formula is C14H21ClN2O2. The number of carbonyl (C=O) groups is 1. The number of aryl methyl sites for hydroxylation is 1. The van der Waals surface area contributed by atoms with Crippen LogP contribution in [0.4, 0.5) is 5.69 Å². The molecule has 0 aromatic heterocycles. The van der Waals surface area contributed by atoms with Gasteiger partial charge in [-0.15, -0.1) is 0 Å². The standard InChI is InChI=1S/C14H21ClN2O2/c1-8(2)16-14(18)10(4)17-12-6-9(3)11(15)7-13(12)19-5/h6-8,10,17H,1-5H3,(H,16,18)/t10-/m1/s1. The van der Waals surface area contributed by atoms with E-state index in [1.807, 2.05) is 26.8 Å². The highest BCUT2D eigenvalue weighted by molar-refractivity contribution is 6.31. The molecule has 0 aliphatic carbocycles. The number of carbonyl (C=O) groups excluding carboxylic acids is 1. The van der Waals surface area contributed by atoms with E-state index in [0.717, 1.165) is 11.3 Å². The zero-order valence-corrected chi connectivity index (χ0v) is 12.8. The minimum absolute atomic E-state index is 0.0512. The van der Waals surface area contributed by atoms with Crippen LogP contribution in [0.2, 0.25) is 5.02 Å². The van der Waals surface area contributed by atoms with Crippen molar-refractivity contribution >= 4 is 23.2 Å². The topological polar surface area (TPSA) is 50.4 Å². The Hall–Kier alpha value is -1.42. The number of amides is 1. The first kappa shape index (κ1) is 15.6. The molecule has 0 saturated carbocycles. The molecule has 5 heteroatoms. The molecule has 1 atom stereocenters. The third-order valence-corrected chi connectivity index (χ3v) is 3.08. The van der Waals surface area contributed by atoms with E-state index < -0.39 is 0 Å². The molecule has 0 spiro atoms. The maximum absolute atomic E-state index is 11.9. The van der Waals surface area contributed by atoms with Crippen molar-refractivity contribution in [3.05, 3.63) is 22.7 Å². The van der Waals surface area contributed by atoms with Gasteiger partial charge in [0.25, 0.3) is 0 Å². The number of ether oxygens (including phenoxy) is 1. The van der Waals surface area contributed by atoms with Crippen molar-refractivity contribution in [2.45, 2.75) is 39.8 Å². The van der Waals surface area contributed by atoms with Crippen molar-refractivity contribution in [1.29, 1.82) is 0 Å². The Kier molecular flexibility index (Phi) is 5.48. The summed E-state index contributed by atoms with van der Waals surface area (Å²) in [6.07, 6.45) is 0. The second-order valence-corrected chi connectivity index (χ2v) is 5.24. The summed E-state index contributed by atoms with van der Waals surface area (Å²) >= 11 is 6.05. The van der Waals surface area contributed by atoms with E-state index in [1.165, 1.54) is 0 Å². The Balaban J connectivity index is 2.87. The number of benzene rings is 1. The molecule has 19 heavy (non-hydrogen) atoms. The Morgan fingerprint density at radius 2 is 1.95 bits per heavy atom. The fourth-order valence-corrected chi connectivity index (χ4v) is 1.81. The van der Waals surface area contributed by atoms with Gasteiger partial charge in [0, 0.05) is 17.1 Å². The van der Waals surface area contributed by atoms with Crippen molar-refractivity contribution in [2.75, 3.05) is 12.4 Å². The Bertz CT molecular complexity index is 461. The second kappa shape index (κ2) is 6.66. The predicted molar refractivity (Wildman–Crippen MR) is 79.1 cm³/mol. The van der Waals surface area contributed by atoms with Crippen LogP contribution in [-0.4, -0.2) is 25.1 Å². The van der Waals surface area contributed by atoms with Gasteiger partial charge in [-0.3, -0.25) is 4.79 Å². The predicted octanol–water partition coefficient (Wildman–Crippen LogP) is 2.98. The lowest BCUT2D eigenvalue weighted by Crippen LogP contribution is -2.41. The van der Waals surface area contributed by atoms with Gasteiger partial charge in [0.2, 0.25) is 5.91 Å². The number of halogens is 1. The first-order valence-electron chi connectivity index (χ1n) is 6.26. The molecule has 1 aromatic carbocycles. The molecule has 0 bridgehead atoms. The van der Waals surface area contributed by atoms with E-state index in [4.69, 9.17) is 16.3 Å². The third-order valence-electron chi connectivity index (χ3n) is 2.68. The Morgan fingerprint density at radius 1 is 1.32 bits per heavy atom. The minimum Gasteiger partial charge on any atom is -0.495 e. The highest BCUT2D eigenvalue weighted by atomic mass is 35.5. The first-order valence-corrected chi connectivity index (χ1v) is 6.64. The molecule has 0 unspecified atom stereocenters. The molecule has 1 aromatic rings. The van der Waals surface area contributed by atoms with Crippen LogP contribution >= 0.6 is 11.6 Å². The molecule has 0 radical (unpaired) electrons. The van der Waals surface area contributed by atoms with Gasteiger partial charge in [-0.05, 0) is 39.3 Å². The van der Waals surface area contributed by atoms with E-state index in [9.17, 15) is 4.79 Å². The molecule has 0 aliphatic rings. The maximum atomic E-state index is 11.9. The lowest BCUT2D eigenvalue weighted by atomic mass is 10.2. The van der Waals surface area contributed by atoms with Crippen LogP contribution in [0.3, 0.4) is 0 Å². The normalized spacial score (nSPS) is 12.2. The lowest BCUT2D eigenvalue weighted by Gasteiger charge is -2.19. The summed E-state index contributed by atoms with van der Waals surface area (Å²) in [6.45, 7) is 7.57. The molecule has 0 heterocycles. The Labute approximate surface area is 119 Å². The fraction of sp³-hybridized carbons (Fsp3) is 0.500. The lowest BCUT2D eigenvalue weighted by molar-refractivity contribution is -0.122. The zero-order valence-electron chi connectivity index (χ0n) is 12.0. The van der Waals surface area contributed by atoms with Gasteiger partial charge in [-0.1, -0.05) is 11.6 Å². The van der Waals surface area contributed by atoms with Crippen molar-refractivity contribution in [3.63, 3.8) is 0 Å². The van der Waals surface area contributed by atoms with E-state index in [-0.39, 0.29) is 18.0 Å². The largest absolute Gasteiger partial charge is 0.495 e. The van der Waals surface area contributed by atoms with Crippen molar-refractivity contribution < 1.29 is 9.53 Å². The van der Waals surface area contributed by atoms with Gasteiger partial charge in [0.15, 0.2) is 0 Å².